The van der Waals surface area contributed by atoms with Gasteiger partial charge in [-0.1, -0.05) is 35.9 Å². The Bertz CT molecular complexity index is 929. The van der Waals surface area contributed by atoms with Gasteiger partial charge in [0.25, 0.3) is 0 Å². The Hall–Kier alpha value is -2.09. The molecule has 0 fully saturated rings. The first-order chi connectivity index (χ1) is 13.0. The van der Waals surface area contributed by atoms with E-state index in [4.69, 9.17) is 31.3 Å². The highest BCUT2D eigenvalue weighted by molar-refractivity contribution is 6.31. The summed E-state index contributed by atoms with van der Waals surface area (Å²) >= 11 is 6.18. The summed E-state index contributed by atoms with van der Waals surface area (Å²) < 4.78 is 11.7. The quantitative estimate of drug-likeness (QED) is 0.438. The zero-order chi connectivity index (χ0) is 19.4. The fraction of sp³-hybridized carbons (Fsp3) is 0.300. The fourth-order valence-corrected chi connectivity index (χ4v) is 3.02. The molecular formula is C20H21ClO6. The third kappa shape index (κ3) is 4.26. The van der Waals surface area contributed by atoms with Crippen LogP contribution in [0, 0.1) is 0 Å². The Labute approximate surface area is 161 Å². The second kappa shape index (κ2) is 8.73. The Morgan fingerprint density at radius 2 is 1.22 bits per heavy atom. The maximum absolute atomic E-state index is 9.67. The molecule has 3 rings (SSSR count). The number of aliphatic hydroxyl groups is 4. The number of fused-ring (bicyclic) bond motifs is 2. The second-order valence-corrected chi connectivity index (χ2v) is 6.62. The minimum absolute atomic E-state index is 0.0678. The van der Waals surface area contributed by atoms with Crippen molar-refractivity contribution in [1.82, 2.24) is 0 Å². The van der Waals surface area contributed by atoms with Crippen LogP contribution in [0.5, 0.6) is 11.5 Å². The third-order valence-corrected chi connectivity index (χ3v) is 4.38. The molecule has 7 heteroatoms. The molecule has 0 aliphatic rings. The minimum Gasteiger partial charge on any atom is -0.489 e. The number of rotatable bonds is 8. The predicted molar refractivity (Wildman–Crippen MR) is 104 cm³/mol. The zero-order valence-electron chi connectivity index (χ0n) is 14.5. The highest BCUT2D eigenvalue weighted by atomic mass is 35.5. The molecule has 0 aliphatic carbocycles. The van der Waals surface area contributed by atoms with Gasteiger partial charge in [0.05, 0.1) is 13.2 Å². The summed E-state index contributed by atoms with van der Waals surface area (Å²) in [5, 5.41) is 40.8. The van der Waals surface area contributed by atoms with Gasteiger partial charge in [-0.3, -0.25) is 0 Å². The van der Waals surface area contributed by atoms with E-state index in [1.54, 1.807) is 18.2 Å². The van der Waals surface area contributed by atoms with Crippen molar-refractivity contribution < 1.29 is 29.9 Å². The van der Waals surface area contributed by atoms with Gasteiger partial charge in [0, 0.05) is 26.6 Å². The van der Waals surface area contributed by atoms with Crippen molar-refractivity contribution in [3.05, 3.63) is 47.5 Å². The number of benzene rings is 3. The molecule has 4 N–H and O–H groups in total. The molecule has 0 aliphatic heterocycles. The summed E-state index contributed by atoms with van der Waals surface area (Å²) in [6.07, 6.45) is -2.00. The van der Waals surface area contributed by atoms with Crippen molar-refractivity contribution in [2.75, 3.05) is 26.4 Å². The van der Waals surface area contributed by atoms with E-state index < -0.39 is 25.4 Å². The molecule has 27 heavy (non-hydrogen) atoms. The van der Waals surface area contributed by atoms with Gasteiger partial charge in [0.15, 0.2) is 0 Å². The van der Waals surface area contributed by atoms with Crippen LogP contribution in [-0.2, 0) is 0 Å². The Kier molecular flexibility index (Phi) is 6.36. The summed E-state index contributed by atoms with van der Waals surface area (Å²) in [4.78, 5) is 0. The average Bonchev–Trinajstić information content (AvgIpc) is 2.69. The lowest BCUT2D eigenvalue weighted by Crippen LogP contribution is -2.22. The third-order valence-electron chi connectivity index (χ3n) is 4.15. The fourth-order valence-electron chi connectivity index (χ4n) is 2.85. The number of aliphatic hydroxyl groups excluding tert-OH is 4. The van der Waals surface area contributed by atoms with Crippen LogP contribution in [-0.4, -0.2) is 59.1 Å². The van der Waals surface area contributed by atoms with E-state index in [0.717, 1.165) is 16.2 Å². The molecule has 0 aromatic heterocycles. The van der Waals surface area contributed by atoms with Gasteiger partial charge in [-0.15, -0.1) is 0 Å². The first-order valence-corrected chi connectivity index (χ1v) is 8.90. The standard InChI is InChI=1S/C20H21ClO6/c21-12-5-6-17-18(7-12)20(27-11-14(25)9-23)16-4-2-1-3-15(16)19(17)26-10-13(24)8-22/h1-7,13-14,22-25H,8-11H2. The van der Waals surface area contributed by atoms with Crippen LogP contribution < -0.4 is 9.47 Å². The summed E-state index contributed by atoms with van der Waals surface area (Å²) in [6.45, 7) is -0.952. The van der Waals surface area contributed by atoms with Crippen molar-refractivity contribution in [1.29, 1.82) is 0 Å². The Morgan fingerprint density at radius 1 is 0.741 bits per heavy atom. The van der Waals surface area contributed by atoms with Crippen LogP contribution in [0.2, 0.25) is 5.02 Å². The maximum atomic E-state index is 9.67. The van der Waals surface area contributed by atoms with E-state index in [1.165, 1.54) is 0 Å². The van der Waals surface area contributed by atoms with Gasteiger partial charge in [0.2, 0.25) is 0 Å². The number of halogens is 1. The molecule has 2 unspecified atom stereocenters. The lowest BCUT2D eigenvalue weighted by Gasteiger charge is -2.19. The molecule has 0 amide bonds. The van der Waals surface area contributed by atoms with Crippen molar-refractivity contribution >= 4 is 33.1 Å². The van der Waals surface area contributed by atoms with Gasteiger partial charge < -0.3 is 29.9 Å². The SMILES string of the molecule is OCC(O)COc1c2ccccc2c(OCC(O)CO)c2cc(Cl)ccc12. The number of hydrogen-bond donors (Lipinski definition) is 4. The van der Waals surface area contributed by atoms with Crippen LogP contribution in [0.4, 0.5) is 0 Å². The molecule has 6 nitrogen and oxygen atoms in total. The first-order valence-electron chi connectivity index (χ1n) is 8.52. The number of ether oxygens (including phenoxy) is 2. The molecule has 2 atom stereocenters. The van der Waals surface area contributed by atoms with Gasteiger partial charge in [-0.25, -0.2) is 0 Å². The molecule has 0 spiro atoms. The lowest BCUT2D eigenvalue weighted by atomic mass is 10.0. The van der Waals surface area contributed by atoms with Gasteiger partial charge in [-0.05, 0) is 18.2 Å². The van der Waals surface area contributed by atoms with Crippen LogP contribution in [0.25, 0.3) is 21.5 Å². The summed E-state index contributed by atoms with van der Waals surface area (Å²) in [5.41, 5.74) is 0. The van der Waals surface area contributed by atoms with Crippen LogP contribution in [0.1, 0.15) is 0 Å². The van der Waals surface area contributed by atoms with Gasteiger partial charge in [-0.2, -0.15) is 0 Å². The molecule has 3 aromatic carbocycles. The summed E-state index contributed by atoms with van der Waals surface area (Å²) in [7, 11) is 0. The normalized spacial score (nSPS) is 13.7. The van der Waals surface area contributed by atoms with Gasteiger partial charge in [0.1, 0.15) is 36.9 Å². The molecule has 0 radical (unpaired) electrons. The minimum atomic E-state index is -1.01. The monoisotopic (exact) mass is 392 g/mol. The summed E-state index contributed by atoms with van der Waals surface area (Å²) in [5.74, 6) is 1.06. The van der Waals surface area contributed by atoms with Crippen LogP contribution >= 0.6 is 11.6 Å². The molecule has 3 aromatic rings. The Balaban J connectivity index is 2.19. The topological polar surface area (TPSA) is 99.4 Å². The van der Waals surface area contributed by atoms with E-state index in [-0.39, 0.29) is 13.2 Å². The smallest absolute Gasteiger partial charge is 0.135 e. The molecular weight excluding hydrogens is 372 g/mol. The maximum Gasteiger partial charge on any atom is 0.135 e. The summed E-state index contributed by atoms with van der Waals surface area (Å²) in [6, 6.07) is 12.7. The molecule has 144 valence electrons. The molecule has 0 saturated carbocycles. The number of hydrogen-bond acceptors (Lipinski definition) is 6. The van der Waals surface area contributed by atoms with Crippen molar-refractivity contribution in [3.8, 4) is 11.5 Å². The highest BCUT2D eigenvalue weighted by Crippen LogP contribution is 2.43. The predicted octanol–water partition coefficient (Wildman–Crippen LogP) is 2.11. The van der Waals surface area contributed by atoms with Crippen molar-refractivity contribution in [3.63, 3.8) is 0 Å². The molecule has 0 saturated heterocycles. The van der Waals surface area contributed by atoms with Crippen LogP contribution in [0.15, 0.2) is 42.5 Å². The van der Waals surface area contributed by atoms with E-state index in [0.29, 0.717) is 21.9 Å². The van der Waals surface area contributed by atoms with E-state index in [1.807, 2.05) is 24.3 Å². The Morgan fingerprint density at radius 3 is 1.74 bits per heavy atom. The highest BCUT2D eigenvalue weighted by Gasteiger charge is 2.18. The van der Waals surface area contributed by atoms with E-state index >= 15 is 0 Å². The first kappa shape index (κ1) is 19.7. The zero-order valence-corrected chi connectivity index (χ0v) is 15.3. The lowest BCUT2D eigenvalue weighted by molar-refractivity contribution is 0.0539. The van der Waals surface area contributed by atoms with E-state index in [9.17, 15) is 10.2 Å². The molecule has 0 bridgehead atoms. The molecule has 0 heterocycles. The largest absolute Gasteiger partial charge is 0.489 e. The van der Waals surface area contributed by atoms with Crippen molar-refractivity contribution in [2.45, 2.75) is 12.2 Å². The van der Waals surface area contributed by atoms with E-state index in [2.05, 4.69) is 0 Å². The van der Waals surface area contributed by atoms with Gasteiger partial charge >= 0.3 is 0 Å². The average molecular weight is 393 g/mol. The van der Waals surface area contributed by atoms with Crippen molar-refractivity contribution in [2.24, 2.45) is 0 Å². The second-order valence-electron chi connectivity index (χ2n) is 6.19. The van der Waals surface area contributed by atoms with Crippen LogP contribution in [0.3, 0.4) is 0 Å².